The van der Waals surface area contributed by atoms with E-state index in [2.05, 4.69) is 10.2 Å². The standard InChI is InChI=1S/C14H12N4O5/c19-17(20)11-5-1-9(2-6-11)13-15-16-14(23-13)10-3-7-12(8-4-10)18(21)22/h1-8,17-19,21H. The molecule has 0 bridgehead atoms. The van der Waals surface area contributed by atoms with Crippen molar-refractivity contribution < 1.29 is 25.3 Å². The maximum atomic E-state index is 10.8. The van der Waals surface area contributed by atoms with Gasteiger partial charge in [0.15, 0.2) is 11.4 Å². The van der Waals surface area contributed by atoms with E-state index in [1.807, 2.05) is 0 Å². The van der Waals surface area contributed by atoms with Crippen molar-refractivity contribution in [2.45, 2.75) is 0 Å². The fraction of sp³-hybridized carbons (Fsp3) is 0. The minimum Gasteiger partial charge on any atom is -0.595 e. The zero-order valence-corrected chi connectivity index (χ0v) is 11.6. The molecule has 0 radical (unpaired) electrons. The average Bonchev–Trinajstić information content (AvgIpc) is 3.05. The number of hydrogen-bond acceptors (Lipinski definition) is 7. The van der Waals surface area contributed by atoms with E-state index in [9.17, 15) is 10.4 Å². The van der Waals surface area contributed by atoms with Crippen LogP contribution in [0.4, 0.5) is 11.4 Å². The first-order valence-electron chi connectivity index (χ1n) is 6.55. The molecule has 0 saturated heterocycles. The number of benzene rings is 2. The summed E-state index contributed by atoms with van der Waals surface area (Å²) in [6, 6.07) is 12.1. The van der Waals surface area contributed by atoms with Gasteiger partial charge in [-0.1, -0.05) is 0 Å². The third-order valence-corrected chi connectivity index (χ3v) is 3.18. The fourth-order valence-electron chi connectivity index (χ4n) is 1.97. The topological polar surface area (TPSA) is 134 Å². The molecule has 0 amide bonds. The van der Waals surface area contributed by atoms with Crippen LogP contribution in [0.2, 0.25) is 0 Å². The Hall–Kier alpha value is -2.66. The maximum absolute atomic E-state index is 10.8. The van der Waals surface area contributed by atoms with Gasteiger partial charge in [-0.15, -0.1) is 10.2 Å². The molecule has 2 aromatic carbocycles. The highest BCUT2D eigenvalue weighted by molar-refractivity contribution is 5.60. The van der Waals surface area contributed by atoms with Gasteiger partial charge < -0.3 is 14.8 Å². The molecule has 4 N–H and O–H groups in total. The summed E-state index contributed by atoms with van der Waals surface area (Å²) in [5.74, 6) is 0.499. The van der Waals surface area contributed by atoms with Crippen LogP contribution in [0.25, 0.3) is 22.9 Å². The van der Waals surface area contributed by atoms with Crippen molar-refractivity contribution in [3.63, 3.8) is 0 Å². The predicted octanol–water partition coefficient (Wildman–Crippen LogP) is 0.210. The zero-order chi connectivity index (χ0) is 16.4. The minimum atomic E-state index is -1.01. The molecule has 1 heterocycles. The molecule has 0 aliphatic heterocycles. The van der Waals surface area contributed by atoms with E-state index in [-0.39, 0.29) is 23.2 Å². The van der Waals surface area contributed by atoms with Crippen molar-refractivity contribution in [3.8, 4) is 22.9 Å². The Morgan fingerprint density at radius 2 is 1.04 bits per heavy atom. The molecule has 9 heteroatoms. The van der Waals surface area contributed by atoms with E-state index in [4.69, 9.17) is 14.8 Å². The molecule has 118 valence electrons. The van der Waals surface area contributed by atoms with E-state index in [0.29, 0.717) is 11.1 Å². The molecule has 23 heavy (non-hydrogen) atoms. The molecule has 3 rings (SSSR count). The molecule has 0 saturated carbocycles. The predicted molar refractivity (Wildman–Crippen MR) is 76.7 cm³/mol. The number of quaternary nitrogens is 2. The van der Waals surface area contributed by atoms with Crippen LogP contribution >= 0.6 is 0 Å². The third-order valence-electron chi connectivity index (χ3n) is 3.18. The molecule has 2 unspecified atom stereocenters. The summed E-state index contributed by atoms with van der Waals surface area (Å²) in [6.45, 7) is 0. The van der Waals surface area contributed by atoms with E-state index >= 15 is 0 Å². The van der Waals surface area contributed by atoms with E-state index in [0.717, 1.165) is 0 Å². The van der Waals surface area contributed by atoms with Gasteiger partial charge in [0.25, 0.3) is 0 Å². The molecule has 0 spiro atoms. The molecule has 0 fully saturated rings. The first-order valence-corrected chi connectivity index (χ1v) is 6.55. The maximum Gasteiger partial charge on any atom is 0.248 e. The van der Waals surface area contributed by atoms with Crippen molar-refractivity contribution in [1.29, 1.82) is 0 Å². The highest BCUT2D eigenvalue weighted by Gasteiger charge is 2.12. The van der Waals surface area contributed by atoms with Gasteiger partial charge in [-0.05, 0) is 24.3 Å². The van der Waals surface area contributed by atoms with Crippen LogP contribution < -0.4 is 10.5 Å². The second kappa shape index (κ2) is 6.22. The Labute approximate surface area is 129 Å². The van der Waals surface area contributed by atoms with Crippen molar-refractivity contribution in [2.75, 3.05) is 0 Å². The summed E-state index contributed by atoms with van der Waals surface area (Å²) in [5, 5.41) is 45.2. The molecular formula is C14H12N4O5. The largest absolute Gasteiger partial charge is 0.595 e. The van der Waals surface area contributed by atoms with Gasteiger partial charge in [-0.25, -0.2) is 10.4 Å². The molecular weight excluding hydrogens is 304 g/mol. The van der Waals surface area contributed by atoms with Crippen LogP contribution in [0, 0.1) is 10.4 Å². The van der Waals surface area contributed by atoms with Gasteiger partial charge in [0.05, 0.1) is 0 Å². The van der Waals surface area contributed by atoms with Crippen molar-refractivity contribution in [1.82, 2.24) is 10.2 Å². The molecule has 9 nitrogen and oxygen atoms in total. The normalized spacial score (nSPS) is 13.7. The number of hydrogen-bond donors (Lipinski definition) is 4. The van der Waals surface area contributed by atoms with Gasteiger partial charge in [0.2, 0.25) is 11.8 Å². The number of rotatable bonds is 4. The fourth-order valence-corrected chi connectivity index (χ4v) is 1.97. The van der Waals surface area contributed by atoms with Gasteiger partial charge in [-0.2, -0.15) is 10.5 Å². The summed E-state index contributed by atoms with van der Waals surface area (Å²) in [5.41, 5.74) is 1.52. The SMILES string of the molecule is [O-][NH+](O)c1ccc(-c2nnc(-c3ccc([NH+]([O-])O)cc3)o2)cc1. The van der Waals surface area contributed by atoms with Crippen molar-refractivity contribution in [2.24, 2.45) is 0 Å². The molecule has 0 aliphatic carbocycles. The van der Waals surface area contributed by atoms with Gasteiger partial charge in [0.1, 0.15) is 0 Å². The number of nitrogens with one attached hydrogen (secondary N) is 2. The Balaban J connectivity index is 1.85. The summed E-state index contributed by atoms with van der Waals surface area (Å²) in [4.78, 5) is 0. The molecule has 0 aliphatic rings. The van der Waals surface area contributed by atoms with E-state index < -0.39 is 10.5 Å². The van der Waals surface area contributed by atoms with Crippen LogP contribution in [-0.2, 0) is 0 Å². The minimum absolute atomic E-state index is 0.165. The summed E-state index contributed by atoms with van der Waals surface area (Å²) < 4.78 is 5.54. The first-order chi connectivity index (χ1) is 11.0. The van der Waals surface area contributed by atoms with Crippen molar-refractivity contribution >= 4 is 11.4 Å². The molecule has 3 aromatic rings. The summed E-state index contributed by atoms with van der Waals surface area (Å²) >= 11 is 0. The monoisotopic (exact) mass is 316 g/mol. The Kier molecular flexibility index (Phi) is 4.12. The van der Waals surface area contributed by atoms with Gasteiger partial charge >= 0.3 is 0 Å². The Morgan fingerprint density at radius 3 is 1.35 bits per heavy atom. The number of aromatic nitrogens is 2. The third kappa shape index (κ3) is 3.24. The summed E-state index contributed by atoms with van der Waals surface area (Å²) in [6.07, 6.45) is 0. The highest BCUT2D eigenvalue weighted by atomic mass is 16.8. The first kappa shape index (κ1) is 15.2. The lowest BCUT2D eigenvalue weighted by molar-refractivity contribution is -0.991. The highest BCUT2D eigenvalue weighted by Crippen LogP contribution is 2.24. The van der Waals surface area contributed by atoms with Crippen LogP contribution in [0.15, 0.2) is 52.9 Å². The van der Waals surface area contributed by atoms with E-state index in [1.54, 1.807) is 24.3 Å². The summed E-state index contributed by atoms with van der Waals surface area (Å²) in [7, 11) is 0. The number of nitrogens with zero attached hydrogens (tertiary/aromatic N) is 2. The van der Waals surface area contributed by atoms with Crippen LogP contribution in [-0.4, -0.2) is 20.6 Å². The smallest absolute Gasteiger partial charge is 0.248 e. The van der Waals surface area contributed by atoms with Crippen LogP contribution in [0.5, 0.6) is 0 Å². The average molecular weight is 316 g/mol. The lowest BCUT2D eigenvalue weighted by Crippen LogP contribution is -2.99. The lowest BCUT2D eigenvalue weighted by Gasteiger charge is -2.11. The molecule has 2 atom stereocenters. The van der Waals surface area contributed by atoms with Crippen LogP contribution in [0.3, 0.4) is 0 Å². The Bertz CT molecular complexity index is 718. The zero-order valence-electron chi connectivity index (χ0n) is 11.6. The Morgan fingerprint density at radius 1 is 0.696 bits per heavy atom. The second-order valence-electron chi connectivity index (χ2n) is 4.68. The van der Waals surface area contributed by atoms with E-state index in [1.165, 1.54) is 24.3 Å². The molecule has 1 aromatic heterocycles. The van der Waals surface area contributed by atoms with Gasteiger partial charge in [-0.3, -0.25) is 0 Å². The lowest BCUT2D eigenvalue weighted by atomic mass is 10.2. The van der Waals surface area contributed by atoms with Gasteiger partial charge in [0, 0.05) is 35.4 Å². The van der Waals surface area contributed by atoms with Crippen molar-refractivity contribution in [3.05, 3.63) is 58.9 Å². The second-order valence-corrected chi connectivity index (χ2v) is 4.68. The quantitative estimate of drug-likeness (QED) is 0.505. The van der Waals surface area contributed by atoms with Crippen LogP contribution in [0.1, 0.15) is 0 Å².